The Kier molecular flexibility index (Phi) is 5.80. The number of carbonyl (C=O) groups excluding carboxylic acids is 1. The van der Waals surface area contributed by atoms with Crippen molar-refractivity contribution in [3.05, 3.63) is 30.2 Å². The number of aromatic nitrogens is 3. The number of nitrogens with zero attached hydrogens (tertiary/aromatic N) is 5. The first-order valence-corrected chi connectivity index (χ1v) is 10.7. The van der Waals surface area contributed by atoms with Crippen molar-refractivity contribution in [3.8, 4) is 0 Å². The lowest BCUT2D eigenvalue weighted by atomic mass is 9.96. The van der Waals surface area contributed by atoms with Gasteiger partial charge in [0.25, 0.3) is 0 Å². The van der Waals surface area contributed by atoms with E-state index in [1.54, 1.807) is 0 Å². The fourth-order valence-electron chi connectivity index (χ4n) is 4.52. The molecule has 152 valence electrons. The van der Waals surface area contributed by atoms with E-state index in [1.165, 1.54) is 0 Å². The molecule has 7 heteroatoms. The molecule has 28 heavy (non-hydrogen) atoms. The summed E-state index contributed by atoms with van der Waals surface area (Å²) in [6.45, 7) is 9.43. The second kappa shape index (κ2) is 8.47. The lowest BCUT2D eigenvalue weighted by Gasteiger charge is -2.36. The summed E-state index contributed by atoms with van der Waals surface area (Å²) in [5.41, 5.74) is 0.890. The Morgan fingerprint density at radius 3 is 2.57 bits per heavy atom. The molecule has 0 bridgehead atoms. The third-order valence-electron chi connectivity index (χ3n) is 6.03. The summed E-state index contributed by atoms with van der Waals surface area (Å²) >= 11 is 0. The van der Waals surface area contributed by atoms with Crippen LogP contribution in [0.4, 0.5) is 4.79 Å². The van der Waals surface area contributed by atoms with Crippen LogP contribution in [0.15, 0.2) is 24.4 Å². The SMILES string of the molecule is CC(C)CN1CCC(NC(=O)N2CCC(c3nnc4ccccn34)CC2)CC1. The highest BCUT2D eigenvalue weighted by Gasteiger charge is 2.28. The van der Waals surface area contributed by atoms with Gasteiger partial charge in [0.15, 0.2) is 5.65 Å². The van der Waals surface area contributed by atoms with E-state index in [0.29, 0.717) is 17.9 Å². The number of amides is 2. The number of hydrogen-bond donors (Lipinski definition) is 1. The molecule has 2 aliphatic heterocycles. The van der Waals surface area contributed by atoms with Crippen LogP contribution in [0.1, 0.15) is 51.3 Å². The van der Waals surface area contributed by atoms with Gasteiger partial charge in [-0.05, 0) is 43.7 Å². The molecule has 0 saturated carbocycles. The lowest BCUT2D eigenvalue weighted by molar-refractivity contribution is 0.156. The molecule has 4 heterocycles. The maximum absolute atomic E-state index is 12.7. The number of urea groups is 1. The number of rotatable bonds is 4. The van der Waals surface area contributed by atoms with Crippen molar-refractivity contribution in [1.29, 1.82) is 0 Å². The van der Waals surface area contributed by atoms with Crippen LogP contribution in [-0.4, -0.2) is 69.2 Å². The molecule has 1 N–H and O–H groups in total. The molecule has 0 atom stereocenters. The van der Waals surface area contributed by atoms with Gasteiger partial charge in [-0.2, -0.15) is 0 Å². The Balaban J connectivity index is 1.25. The van der Waals surface area contributed by atoms with Crippen LogP contribution in [0.5, 0.6) is 0 Å². The van der Waals surface area contributed by atoms with Crippen LogP contribution < -0.4 is 5.32 Å². The molecule has 0 radical (unpaired) electrons. The Hall–Kier alpha value is -2.15. The molecule has 2 aliphatic rings. The smallest absolute Gasteiger partial charge is 0.317 e. The number of fused-ring (bicyclic) bond motifs is 1. The highest BCUT2D eigenvalue weighted by molar-refractivity contribution is 5.74. The van der Waals surface area contributed by atoms with Crippen LogP contribution >= 0.6 is 0 Å². The highest BCUT2D eigenvalue weighted by atomic mass is 16.2. The summed E-state index contributed by atoms with van der Waals surface area (Å²) in [6, 6.07) is 6.38. The third-order valence-corrected chi connectivity index (χ3v) is 6.03. The minimum absolute atomic E-state index is 0.104. The maximum atomic E-state index is 12.7. The van der Waals surface area contributed by atoms with Crippen molar-refractivity contribution in [1.82, 2.24) is 29.7 Å². The molecule has 2 aromatic heterocycles. The summed E-state index contributed by atoms with van der Waals surface area (Å²) in [5.74, 6) is 2.09. The van der Waals surface area contributed by atoms with Gasteiger partial charge < -0.3 is 15.1 Å². The topological polar surface area (TPSA) is 65.8 Å². The largest absolute Gasteiger partial charge is 0.335 e. The fourth-order valence-corrected chi connectivity index (χ4v) is 4.52. The van der Waals surface area contributed by atoms with Crippen LogP contribution in [0, 0.1) is 5.92 Å². The van der Waals surface area contributed by atoms with E-state index in [-0.39, 0.29) is 6.03 Å². The van der Waals surface area contributed by atoms with Gasteiger partial charge in [0.05, 0.1) is 0 Å². The maximum Gasteiger partial charge on any atom is 0.317 e. The Labute approximate surface area is 167 Å². The molecule has 7 nitrogen and oxygen atoms in total. The molecule has 2 saturated heterocycles. The van der Waals surface area contributed by atoms with Crippen LogP contribution in [0.2, 0.25) is 0 Å². The van der Waals surface area contributed by atoms with E-state index in [0.717, 1.165) is 69.9 Å². The summed E-state index contributed by atoms with van der Waals surface area (Å²) < 4.78 is 2.07. The molecule has 2 amide bonds. The van der Waals surface area contributed by atoms with Gasteiger partial charge in [-0.3, -0.25) is 4.40 Å². The van der Waals surface area contributed by atoms with Crippen molar-refractivity contribution < 1.29 is 4.79 Å². The zero-order valence-electron chi connectivity index (χ0n) is 17.0. The van der Waals surface area contributed by atoms with Crippen LogP contribution in [-0.2, 0) is 0 Å². The second-order valence-corrected chi connectivity index (χ2v) is 8.67. The van der Waals surface area contributed by atoms with E-state index in [4.69, 9.17) is 0 Å². The predicted octanol–water partition coefficient (Wildman–Crippen LogP) is 2.74. The first-order valence-electron chi connectivity index (χ1n) is 10.7. The van der Waals surface area contributed by atoms with Gasteiger partial charge in [0.2, 0.25) is 0 Å². The predicted molar refractivity (Wildman–Crippen MR) is 109 cm³/mol. The molecule has 0 unspecified atom stereocenters. The molecule has 2 fully saturated rings. The van der Waals surface area contributed by atoms with Gasteiger partial charge in [0.1, 0.15) is 5.82 Å². The number of carbonyl (C=O) groups is 1. The quantitative estimate of drug-likeness (QED) is 0.880. The minimum Gasteiger partial charge on any atom is -0.335 e. The Morgan fingerprint density at radius 2 is 1.86 bits per heavy atom. The molecular formula is C21H32N6O. The second-order valence-electron chi connectivity index (χ2n) is 8.67. The van der Waals surface area contributed by atoms with Crippen molar-refractivity contribution in [2.45, 2.75) is 51.5 Å². The highest BCUT2D eigenvalue weighted by Crippen LogP contribution is 2.27. The number of hydrogen-bond acceptors (Lipinski definition) is 4. The van der Waals surface area contributed by atoms with Crippen molar-refractivity contribution in [3.63, 3.8) is 0 Å². The third kappa shape index (κ3) is 4.29. The zero-order valence-corrected chi connectivity index (χ0v) is 17.0. The van der Waals surface area contributed by atoms with Gasteiger partial charge in [-0.1, -0.05) is 19.9 Å². The molecular weight excluding hydrogens is 352 g/mol. The molecule has 0 aliphatic carbocycles. The summed E-state index contributed by atoms with van der Waals surface area (Å²) in [7, 11) is 0. The average molecular weight is 385 g/mol. The lowest BCUT2D eigenvalue weighted by Crippen LogP contribution is -2.51. The minimum atomic E-state index is 0.104. The van der Waals surface area contributed by atoms with Crippen molar-refractivity contribution in [2.24, 2.45) is 5.92 Å². The standard InChI is InChI=1S/C21H32N6O/c1-16(2)15-25-11-8-18(9-12-25)22-21(28)26-13-6-17(7-14-26)20-24-23-19-5-3-4-10-27(19)20/h3-5,10,16-18H,6-9,11-15H2,1-2H3,(H,22,28). The van der Waals surface area contributed by atoms with E-state index in [2.05, 4.69) is 38.7 Å². The summed E-state index contributed by atoms with van der Waals surface area (Å²) in [4.78, 5) is 17.2. The van der Waals surface area contributed by atoms with Gasteiger partial charge in [0, 0.05) is 50.9 Å². The number of piperidine rings is 2. The molecule has 0 aromatic carbocycles. The normalized spacial score (nSPS) is 20.2. The number of pyridine rings is 1. The molecule has 2 aromatic rings. The van der Waals surface area contributed by atoms with Crippen molar-refractivity contribution in [2.75, 3.05) is 32.7 Å². The first kappa shape index (κ1) is 19.2. The fraction of sp³-hybridized carbons (Fsp3) is 0.667. The van der Waals surface area contributed by atoms with E-state index in [9.17, 15) is 4.79 Å². The van der Waals surface area contributed by atoms with Crippen LogP contribution in [0.3, 0.4) is 0 Å². The average Bonchev–Trinajstić information content (AvgIpc) is 3.13. The zero-order chi connectivity index (χ0) is 19.5. The van der Waals surface area contributed by atoms with Crippen LogP contribution in [0.25, 0.3) is 5.65 Å². The first-order chi connectivity index (χ1) is 13.6. The monoisotopic (exact) mass is 384 g/mol. The van der Waals surface area contributed by atoms with E-state index >= 15 is 0 Å². The van der Waals surface area contributed by atoms with Gasteiger partial charge in [-0.15, -0.1) is 10.2 Å². The van der Waals surface area contributed by atoms with E-state index < -0.39 is 0 Å². The van der Waals surface area contributed by atoms with E-state index in [1.807, 2.05) is 29.3 Å². The van der Waals surface area contributed by atoms with Crippen molar-refractivity contribution >= 4 is 11.7 Å². The summed E-state index contributed by atoms with van der Waals surface area (Å²) in [6.07, 6.45) is 6.02. The molecule has 0 spiro atoms. The number of nitrogens with one attached hydrogen (secondary N) is 1. The number of likely N-dealkylation sites (tertiary alicyclic amines) is 2. The Bertz CT molecular complexity index is 787. The Morgan fingerprint density at radius 1 is 1.11 bits per heavy atom. The summed E-state index contributed by atoms with van der Waals surface area (Å²) in [5, 5.41) is 11.9. The molecule has 4 rings (SSSR count). The van der Waals surface area contributed by atoms with Gasteiger partial charge in [-0.25, -0.2) is 4.79 Å². The van der Waals surface area contributed by atoms with Gasteiger partial charge >= 0.3 is 6.03 Å².